The quantitative estimate of drug-likeness (QED) is 0.103. The Labute approximate surface area is 281 Å². The second kappa shape index (κ2) is 13.9. The van der Waals surface area contributed by atoms with Gasteiger partial charge in [0.2, 0.25) is 15.9 Å². The van der Waals surface area contributed by atoms with E-state index in [0.29, 0.717) is 29.8 Å². The molecule has 246 valence electrons. The first-order valence-corrected chi connectivity index (χ1v) is 17.6. The van der Waals surface area contributed by atoms with Crippen LogP contribution in [0.1, 0.15) is 28.4 Å². The topological polar surface area (TPSA) is 151 Å². The lowest BCUT2D eigenvalue weighted by molar-refractivity contribution is -0.141. The second-order valence-corrected chi connectivity index (χ2v) is 14.0. The molecule has 11 nitrogen and oxygen atoms in total. The molecule has 1 atom stereocenters. The number of benzene rings is 4. The summed E-state index contributed by atoms with van der Waals surface area (Å²) in [5.74, 6) is -1.20. The average molecular weight is 684 g/mol. The maximum atomic E-state index is 14.1. The molecule has 1 saturated heterocycles. The van der Waals surface area contributed by atoms with Crippen molar-refractivity contribution in [2.75, 3.05) is 26.2 Å². The molecule has 1 aliphatic rings. The fraction of sp³-hybridized carbons (Fsp3) is 0.200. The van der Waals surface area contributed by atoms with Crippen molar-refractivity contribution in [1.29, 1.82) is 0 Å². The number of amides is 2. The van der Waals surface area contributed by atoms with E-state index in [1.807, 2.05) is 53.9 Å². The summed E-state index contributed by atoms with van der Waals surface area (Å²) in [6.07, 6.45) is 0.000365. The summed E-state index contributed by atoms with van der Waals surface area (Å²) in [6.45, 7) is 2.28. The number of hydrogen-bond acceptors (Lipinski definition) is 8. The van der Waals surface area contributed by atoms with E-state index in [9.17, 15) is 22.8 Å². The molecule has 0 bridgehead atoms. The van der Waals surface area contributed by atoms with Gasteiger partial charge in [0.25, 0.3) is 5.91 Å². The van der Waals surface area contributed by atoms with Gasteiger partial charge in [-0.1, -0.05) is 71.9 Å². The van der Waals surface area contributed by atoms with E-state index in [-0.39, 0.29) is 36.1 Å². The molecule has 0 saturated carbocycles. The maximum Gasteiger partial charge on any atom is 0.332 e. The number of thiophene rings is 1. The molecule has 3 N–H and O–H groups in total. The van der Waals surface area contributed by atoms with Crippen molar-refractivity contribution >= 4 is 65.8 Å². The number of carbonyl (C=O) groups excluding carboxylic acids is 3. The highest BCUT2D eigenvalue weighted by Crippen LogP contribution is 2.27. The third-order valence-corrected chi connectivity index (χ3v) is 10.6. The minimum atomic E-state index is -4.14. The van der Waals surface area contributed by atoms with Crippen molar-refractivity contribution < 1.29 is 27.6 Å². The molecule has 0 radical (unpaired) electrons. The Kier molecular flexibility index (Phi) is 9.53. The normalized spacial score (nSPS) is 14.6. The van der Waals surface area contributed by atoms with Crippen molar-refractivity contribution in [3.63, 3.8) is 0 Å². The molecule has 5 aromatic rings. The van der Waals surface area contributed by atoms with Crippen LogP contribution in [-0.4, -0.2) is 74.1 Å². The van der Waals surface area contributed by atoms with E-state index in [2.05, 4.69) is 14.7 Å². The van der Waals surface area contributed by atoms with Gasteiger partial charge in [-0.05, 0) is 47.0 Å². The zero-order valence-corrected chi connectivity index (χ0v) is 27.7. The smallest absolute Gasteiger partial charge is 0.332 e. The molecule has 1 fully saturated rings. The molecule has 1 aromatic heterocycles. The third-order valence-electron chi connectivity index (χ3n) is 8.15. The zero-order valence-electron chi connectivity index (χ0n) is 26.0. The van der Waals surface area contributed by atoms with Crippen molar-refractivity contribution in [1.82, 2.24) is 14.5 Å². The van der Waals surface area contributed by atoms with Gasteiger partial charge in [0, 0.05) is 54.1 Å². The number of nitrogens with zero attached hydrogens (tertiary/aromatic N) is 3. The van der Waals surface area contributed by atoms with E-state index in [1.54, 1.807) is 46.2 Å². The number of hydrogen-bond donors (Lipinski definition) is 2. The lowest BCUT2D eigenvalue weighted by atomic mass is 10.0. The Balaban J connectivity index is 1.23. The zero-order chi connectivity index (χ0) is 33.8. The van der Waals surface area contributed by atoms with Crippen LogP contribution < -0.4 is 10.5 Å². The number of fused-ring (bicyclic) bond motifs is 2. The highest BCUT2D eigenvalue weighted by Gasteiger charge is 2.33. The molecule has 1 aliphatic heterocycles. The predicted octanol–water partition coefficient (Wildman–Crippen LogP) is 4.11. The monoisotopic (exact) mass is 683 g/mol. The molecular weight excluding hydrogens is 651 g/mol. The number of amidine groups is 1. The minimum Gasteiger partial charge on any atom is -0.380 e. The molecule has 4 aromatic carbocycles. The molecule has 48 heavy (non-hydrogen) atoms. The molecule has 2 amide bonds. The van der Waals surface area contributed by atoms with Gasteiger partial charge in [0.05, 0.1) is 10.5 Å². The molecular formula is C35H33N5O6S2. The maximum absolute atomic E-state index is 14.1. The first kappa shape index (κ1) is 32.8. The Hall–Kier alpha value is -5.11. The van der Waals surface area contributed by atoms with Crippen LogP contribution in [0.3, 0.4) is 0 Å². The van der Waals surface area contributed by atoms with Gasteiger partial charge in [-0.2, -0.15) is 4.72 Å². The van der Waals surface area contributed by atoms with E-state index < -0.39 is 27.9 Å². The van der Waals surface area contributed by atoms with E-state index in [0.717, 1.165) is 20.9 Å². The molecule has 0 aliphatic carbocycles. The van der Waals surface area contributed by atoms with Gasteiger partial charge in [-0.25, -0.2) is 13.2 Å². The Bertz CT molecular complexity index is 2160. The summed E-state index contributed by atoms with van der Waals surface area (Å²) >= 11 is 1.51. The fourth-order valence-corrected chi connectivity index (χ4v) is 7.85. The SMILES string of the molecule is CC(=O)ON=C(N)c1cccc(CC(NS(=O)(=O)c2ccc3ccccc3c2)C(=O)N2CCN(C(=O)c3csc4ccccc34)CC2)c1. The summed E-state index contributed by atoms with van der Waals surface area (Å²) < 4.78 is 31.2. The van der Waals surface area contributed by atoms with Crippen LogP contribution in [0.5, 0.6) is 0 Å². The van der Waals surface area contributed by atoms with Gasteiger partial charge in [0.1, 0.15) is 6.04 Å². The van der Waals surface area contributed by atoms with Gasteiger partial charge in [-0.3, -0.25) is 9.59 Å². The summed E-state index contributed by atoms with van der Waals surface area (Å²) in [6, 6.07) is 25.5. The number of oxime groups is 1. The second-order valence-electron chi connectivity index (χ2n) is 11.4. The van der Waals surface area contributed by atoms with Crippen LogP contribution in [0.4, 0.5) is 0 Å². The van der Waals surface area contributed by atoms with Crippen LogP contribution in [0, 0.1) is 0 Å². The van der Waals surface area contributed by atoms with Crippen LogP contribution >= 0.6 is 11.3 Å². The first-order valence-electron chi connectivity index (χ1n) is 15.2. The number of nitrogens with two attached hydrogens (primary N) is 1. The van der Waals surface area contributed by atoms with Crippen LogP contribution in [0.15, 0.2) is 106 Å². The van der Waals surface area contributed by atoms with Gasteiger partial charge < -0.3 is 20.4 Å². The molecule has 2 heterocycles. The number of carbonyl (C=O) groups is 3. The number of nitrogens with one attached hydrogen (secondary N) is 1. The van der Waals surface area contributed by atoms with Crippen LogP contribution in [0.25, 0.3) is 20.9 Å². The third kappa shape index (κ3) is 7.23. The van der Waals surface area contributed by atoms with Gasteiger partial charge >= 0.3 is 5.97 Å². The summed E-state index contributed by atoms with van der Waals surface area (Å²) in [7, 11) is -4.14. The molecule has 6 rings (SSSR count). The Morgan fingerprint density at radius 3 is 2.38 bits per heavy atom. The Morgan fingerprint density at radius 1 is 0.896 bits per heavy atom. The van der Waals surface area contributed by atoms with Crippen molar-refractivity contribution in [2.24, 2.45) is 10.9 Å². The Morgan fingerprint density at radius 2 is 1.60 bits per heavy atom. The first-order chi connectivity index (χ1) is 23.1. The van der Waals surface area contributed by atoms with Crippen molar-refractivity contribution in [3.8, 4) is 0 Å². The van der Waals surface area contributed by atoms with Crippen molar-refractivity contribution in [2.45, 2.75) is 24.3 Å². The van der Waals surface area contributed by atoms with Gasteiger partial charge in [-0.15, -0.1) is 11.3 Å². The average Bonchev–Trinajstić information content (AvgIpc) is 3.54. The standard InChI is InChI=1S/C35H33N5O6S2/c1-23(41)46-37-33(36)27-10-6-7-24(19-27)20-31(38-48(44,45)28-14-13-25-8-2-3-9-26(25)21-28)35(43)40-17-15-39(16-18-40)34(42)30-22-47-32-12-5-4-11-29(30)32/h2-14,19,21-22,31,38H,15-18,20H2,1H3,(H2,36,37). The van der Waals surface area contributed by atoms with Crippen LogP contribution in [-0.2, 0) is 30.9 Å². The van der Waals surface area contributed by atoms with E-state index in [4.69, 9.17) is 5.73 Å². The molecule has 1 unspecified atom stereocenters. The number of rotatable bonds is 9. The van der Waals surface area contributed by atoms with Crippen molar-refractivity contribution in [3.05, 3.63) is 113 Å². The number of sulfonamides is 1. The van der Waals surface area contributed by atoms with Gasteiger partial charge in [0.15, 0.2) is 5.84 Å². The summed E-state index contributed by atoms with van der Waals surface area (Å²) in [5.41, 5.74) is 7.67. The lowest BCUT2D eigenvalue weighted by Gasteiger charge is -2.36. The fourth-order valence-electron chi connectivity index (χ4n) is 5.69. The highest BCUT2D eigenvalue weighted by atomic mass is 32.2. The lowest BCUT2D eigenvalue weighted by Crippen LogP contribution is -2.56. The summed E-state index contributed by atoms with van der Waals surface area (Å²) in [4.78, 5) is 46.7. The minimum absolute atomic E-state index is 0.000365. The highest BCUT2D eigenvalue weighted by molar-refractivity contribution is 7.89. The number of piperazine rings is 1. The van der Waals surface area contributed by atoms with Crippen LogP contribution in [0.2, 0.25) is 0 Å². The van der Waals surface area contributed by atoms with E-state index in [1.165, 1.54) is 24.3 Å². The van der Waals surface area contributed by atoms with E-state index >= 15 is 0 Å². The predicted molar refractivity (Wildman–Crippen MR) is 185 cm³/mol. The molecule has 13 heteroatoms. The molecule has 0 spiro atoms. The largest absolute Gasteiger partial charge is 0.380 e. The summed E-state index contributed by atoms with van der Waals surface area (Å²) in [5, 5.41) is 8.02.